The number of rotatable bonds is 8. The van der Waals surface area contributed by atoms with E-state index in [0.29, 0.717) is 36.8 Å². The fraction of sp³-hybridized carbons (Fsp3) is 0.462. The van der Waals surface area contributed by atoms with Crippen molar-refractivity contribution in [1.29, 1.82) is 0 Å². The van der Waals surface area contributed by atoms with Crippen LogP contribution in [-0.2, 0) is 13.1 Å². The van der Waals surface area contributed by atoms with Crippen molar-refractivity contribution in [1.82, 2.24) is 15.1 Å². The number of carbonyl (C=O) groups is 2. The molecular weight excluding hydrogens is 513 g/mol. The SMILES string of the molecule is CCC1CCCCN1CCCNC(=O)c1ccc2c(c1)C(=O)N(Cc1ccc(I)cc1)C2. The maximum atomic E-state index is 12.9. The van der Waals surface area contributed by atoms with Gasteiger partial charge in [-0.2, -0.15) is 0 Å². The quantitative estimate of drug-likeness (QED) is 0.382. The number of carbonyl (C=O) groups excluding carboxylic acids is 2. The van der Waals surface area contributed by atoms with Gasteiger partial charge in [-0.15, -0.1) is 0 Å². The third-order valence-electron chi connectivity index (χ3n) is 6.67. The molecule has 2 aromatic carbocycles. The van der Waals surface area contributed by atoms with Gasteiger partial charge in [-0.1, -0.05) is 31.5 Å². The monoisotopic (exact) mass is 545 g/mol. The Labute approximate surface area is 204 Å². The molecule has 6 heteroatoms. The van der Waals surface area contributed by atoms with Gasteiger partial charge in [0.2, 0.25) is 0 Å². The molecule has 2 aliphatic rings. The highest BCUT2D eigenvalue weighted by molar-refractivity contribution is 14.1. The van der Waals surface area contributed by atoms with Gasteiger partial charge in [-0.3, -0.25) is 9.59 Å². The Bertz CT molecular complexity index is 960. The molecule has 0 bridgehead atoms. The summed E-state index contributed by atoms with van der Waals surface area (Å²) in [5.74, 6) is -0.0914. The van der Waals surface area contributed by atoms with Gasteiger partial charge in [0.15, 0.2) is 0 Å². The van der Waals surface area contributed by atoms with E-state index in [0.717, 1.165) is 24.1 Å². The van der Waals surface area contributed by atoms with E-state index in [9.17, 15) is 9.59 Å². The van der Waals surface area contributed by atoms with Crippen LogP contribution in [0.25, 0.3) is 0 Å². The number of amides is 2. The van der Waals surface area contributed by atoms with Crippen LogP contribution < -0.4 is 5.32 Å². The van der Waals surface area contributed by atoms with E-state index in [2.05, 4.69) is 64.0 Å². The molecule has 1 fully saturated rings. The molecule has 1 saturated heterocycles. The Kier molecular flexibility index (Phi) is 7.84. The van der Waals surface area contributed by atoms with Crippen molar-refractivity contribution in [3.63, 3.8) is 0 Å². The first-order valence-electron chi connectivity index (χ1n) is 11.7. The minimum Gasteiger partial charge on any atom is -0.352 e. The first-order valence-corrected chi connectivity index (χ1v) is 12.8. The number of likely N-dealkylation sites (tertiary alicyclic amines) is 1. The van der Waals surface area contributed by atoms with Crippen LogP contribution in [0.2, 0.25) is 0 Å². The van der Waals surface area contributed by atoms with Crippen LogP contribution in [-0.4, -0.2) is 47.3 Å². The zero-order chi connectivity index (χ0) is 22.5. The lowest BCUT2D eigenvalue weighted by Crippen LogP contribution is -2.40. The van der Waals surface area contributed by atoms with E-state index < -0.39 is 0 Å². The second-order valence-electron chi connectivity index (χ2n) is 8.86. The molecule has 32 heavy (non-hydrogen) atoms. The summed E-state index contributed by atoms with van der Waals surface area (Å²) in [7, 11) is 0. The van der Waals surface area contributed by atoms with Gasteiger partial charge in [0.1, 0.15) is 0 Å². The van der Waals surface area contributed by atoms with Crippen molar-refractivity contribution in [3.8, 4) is 0 Å². The standard InChI is InChI=1S/C26H32IN3O2/c1-2-23-6-3-4-14-29(23)15-5-13-28-25(31)20-9-10-21-18-30(26(32)24(21)16-20)17-19-7-11-22(27)12-8-19/h7-12,16,23H,2-6,13-15,17-18H2,1H3,(H,28,31). The highest BCUT2D eigenvalue weighted by Gasteiger charge is 2.28. The molecule has 2 heterocycles. The van der Waals surface area contributed by atoms with Crippen molar-refractivity contribution in [2.24, 2.45) is 0 Å². The number of benzene rings is 2. The second kappa shape index (κ2) is 10.8. The average molecular weight is 545 g/mol. The van der Waals surface area contributed by atoms with Crippen molar-refractivity contribution in [2.45, 2.75) is 58.2 Å². The van der Waals surface area contributed by atoms with Crippen LogP contribution in [0.4, 0.5) is 0 Å². The van der Waals surface area contributed by atoms with Crippen molar-refractivity contribution in [3.05, 3.63) is 68.3 Å². The minimum atomic E-state index is -0.0950. The molecule has 1 N–H and O–H groups in total. The summed E-state index contributed by atoms with van der Waals surface area (Å²) in [4.78, 5) is 30.0. The van der Waals surface area contributed by atoms with Crippen LogP contribution in [0, 0.1) is 3.57 Å². The Morgan fingerprint density at radius 2 is 1.97 bits per heavy atom. The van der Waals surface area contributed by atoms with Crippen LogP contribution >= 0.6 is 22.6 Å². The number of fused-ring (bicyclic) bond motifs is 1. The lowest BCUT2D eigenvalue weighted by molar-refractivity contribution is 0.0766. The Balaban J connectivity index is 1.29. The second-order valence-corrected chi connectivity index (χ2v) is 10.1. The van der Waals surface area contributed by atoms with Gasteiger partial charge in [0.05, 0.1) is 0 Å². The molecule has 0 aromatic heterocycles. The summed E-state index contributed by atoms with van der Waals surface area (Å²) in [6.07, 6.45) is 6.08. The van der Waals surface area contributed by atoms with Gasteiger partial charge < -0.3 is 15.1 Å². The molecule has 1 atom stereocenters. The highest BCUT2D eigenvalue weighted by atomic mass is 127. The smallest absolute Gasteiger partial charge is 0.254 e. The van der Waals surface area contributed by atoms with Crippen molar-refractivity contribution in [2.75, 3.05) is 19.6 Å². The molecule has 4 rings (SSSR count). The lowest BCUT2D eigenvalue weighted by Gasteiger charge is -2.35. The van der Waals surface area contributed by atoms with Crippen LogP contribution in [0.5, 0.6) is 0 Å². The molecule has 0 radical (unpaired) electrons. The van der Waals surface area contributed by atoms with Crippen molar-refractivity contribution >= 4 is 34.4 Å². The first kappa shape index (κ1) is 23.2. The zero-order valence-electron chi connectivity index (χ0n) is 18.8. The maximum Gasteiger partial charge on any atom is 0.254 e. The van der Waals surface area contributed by atoms with E-state index in [1.165, 1.54) is 35.8 Å². The van der Waals surface area contributed by atoms with Gasteiger partial charge in [-0.05, 0) is 90.2 Å². The van der Waals surface area contributed by atoms with E-state index in [1.54, 1.807) is 6.07 Å². The summed E-state index contributed by atoms with van der Waals surface area (Å²) < 4.78 is 1.18. The van der Waals surface area contributed by atoms with Gasteiger partial charge >= 0.3 is 0 Å². The average Bonchev–Trinajstić information content (AvgIpc) is 3.12. The minimum absolute atomic E-state index is 0.00362. The maximum absolute atomic E-state index is 12.9. The van der Waals surface area contributed by atoms with E-state index in [-0.39, 0.29) is 11.8 Å². The molecule has 5 nitrogen and oxygen atoms in total. The molecule has 170 valence electrons. The molecule has 2 aliphatic heterocycles. The highest BCUT2D eigenvalue weighted by Crippen LogP contribution is 2.26. The predicted molar refractivity (Wildman–Crippen MR) is 136 cm³/mol. The lowest BCUT2D eigenvalue weighted by atomic mass is 10.00. The molecule has 0 saturated carbocycles. The van der Waals surface area contributed by atoms with Crippen LogP contribution in [0.15, 0.2) is 42.5 Å². The van der Waals surface area contributed by atoms with E-state index in [1.807, 2.05) is 17.0 Å². The first-order chi connectivity index (χ1) is 15.5. The third-order valence-corrected chi connectivity index (χ3v) is 7.38. The molecule has 0 aliphatic carbocycles. The van der Waals surface area contributed by atoms with E-state index >= 15 is 0 Å². The zero-order valence-corrected chi connectivity index (χ0v) is 20.9. The summed E-state index contributed by atoms with van der Waals surface area (Å²) in [5, 5.41) is 3.04. The number of hydrogen-bond acceptors (Lipinski definition) is 3. The molecular formula is C26H32IN3O2. The Morgan fingerprint density at radius 3 is 2.75 bits per heavy atom. The fourth-order valence-corrected chi connectivity index (χ4v) is 5.20. The number of nitrogens with zero attached hydrogens (tertiary/aromatic N) is 2. The van der Waals surface area contributed by atoms with Crippen molar-refractivity contribution < 1.29 is 9.59 Å². The predicted octanol–water partition coefficient (Wildman–Crippen LogP) is 4.83. The number of hydrogen-bond donors (Lipinski definition) is 1. The fourth-order valence-electron chi connectivity index (χ4n) is 4.84. The van der Waals surface area contributed by atoms with Gasteiger partial charge in [0.25, 0.3) is 11.8 Å². The van der Waals surface area contributed by atoms with Crippen LogP contribution in [0.1, 0.15) is 70.9 Å². The van der Waals surface area contributed by atoms with E-state index in [4.69, 9.17) is 0 Å². The molecule has 1 unspecified atom stereocenters. The molecule has 0 spiro atoms. The van der Waals surface area contributed by atoms with Gasteiger partial charge in [0, 0.05) is 46.9 Å². The third kappa shape index (κ3) is 5.52. The van der Waals surface area contributed by atoms with Crippen LogP contribution in [0.3, 0.4) is 0 Å². The number of piperidine rings is 1. The Hall–Kier alpha value is -1.93. The summed E-state index contributed by atoms with van der Waals surface area (Å²) >= 11 is 2.28. The molecule has 2 amide bonds. The summed E-state index contributed by atoms with van der Waals surface area (Å²) in [6, 6.07) is 14.5. The Morgan fingerprint density at radius 1 is 1.16 bits per heavy atom. The number of nitrogens with one attached hydrogen (secondary N) is 1. The van der Waals surface area contributed by atoms with Gasteiger partial charge in [-0.25, -0.2) is 0 Å². The molecule has 2 aromatic rings. The summed E-state index contributed by atoms with van der Waals surface area (Å²) in [5.41, 5.74) is 3.33. The largest absolute Gasteiger partial charge is 0.352 e. The topological polar surface area (TPSA) is 52.7 Å². The number of halogens is 1. The summed E-state index contributed by atoms with van der Waals surface area (Å²) in [6.45, 7) is 6.32. The normalized spacial score (nSPS) is 18.6.